The number of rotatable bonds is 8. The van der Waals surface area contributed by atoms with Crippen molar-refractivity contribution in [1.29, 1.82) is 0 Å². The lowest BCUT2D eigenvalue weighted by molar-refractivity contribution is 0.301. The van der Waals surface area contributed by atoms with Crippen LogP contribution in [0.5, 0.6) is 5.88 Å². The van der Waals surface area contributed by atoms with Crippen molar-refractivity contribution in [2.24, 2.45) is 0 Å². The lowest BCUT2D eigenvalue weighted by atomic mass is 10.2. The second kappa shape index (κ2) is 8.05. The molecule has 0 fully saturated rings. The van der Waals surface area contributed by atoms with Crippen molar-refractivity contribution >= 4 is 0 Å². The molecule has 0 aliphatic rings. The van der Waals surface area contributed by atoms with Gasteiger partial charge in [0.2, 0.25) is 5.88 Å². The van der Waals surface area contributed by atoms with Crippen LogP contribution in [0.3, 0.4) is 0 Å². The minimum absolute atomic E-state index is 0.655. The molecular formula is C12H21N3O. The molecule has 0 unspecified atom stereocenters. The van der Waals surface area contributed by atoms with Crippen molar-refractivity contribution in [1.82, 2.24) is 15.3 Å². The standard InChI is InChI=1S/C12H21N3O/c1-3-5-11-9-12(15-10-14-11)16-8-7-13-6-4-2/h9-10,13H,3-8H2,1-2H3. The van der Waals surface area contributed by atoms with Crippen LogP contribution in [0, 0.1) is 0 Å². The Bertz CT molecular complexity index is 291. The average Bonchev–Trinajstić information content (AvgIpc) is 2.30. The summed E-state index contributed by atoms with van der Waals surface area (Å²) in [6.07, 6.45) is 4.79. The van der Waals surface area contributed by atoms with E-state index in [1.807, 2.05) is 6.07 Å². The smallest absolute Gasteiger partial charge is 0.216 e. The van der Waals surface area contributed by atoms with E-state index in [9.17, 15) is 0 Å². The van der Waals surface area contributed by atoms with Gasteiger partial charge in [-0.25, -0.2) is 9.97 Å². The highest BCUT2D eigenvalue weighted by Crippen LogP contribution is 2.07. The molecule has 0 spiro atoms. The molecule has 90 valence electrons. The highest BCUT2D eigenvalue weighted by atomic mass is 16.5. The average molecular weight is 223 g/mol. The zero-order valence-corrected chi connectivity index (χ0v) is 10.2. The van der Waals surface area contributed by atoms with Gasteiger partial charge in [0.05, 0.1) is 0 Å². The molecule has 0 atom stereocenters. The molecule has 0 bridgehead atoms. The number of aryl methyl sites for hydroxylation is 1. The third-order valence-corrected chi connectivity index (χ3v) is 2.16. The number of nitrogens with zero attached hydrogens (tertiary/aromatic N) is 2. The molecule has 0 aliphatic carbocycles. The number of hydrogen-bond donors (Lipinski definition) is 1. The second-order valence-corrected chi connectivity index (χ2v) is 3.70. The van der Waals surface area contributed by atoms with Gasteiger partial charge in [0, 0.05) is 18.3 Å². The maximum atomic E-state index is 5.53. The van der Waals surface area contributed by atoms with E-state index in [4.69, 9.17) is 4.74 Å². The molecule has 0 aliphatic heterocycles. The van der Waals surface area contributed by atoms with Crippen molar-refractivity contribution in [3.63, 3.8) is 0 Å². The van der Waals surface area contributed by atoms with Gasteiger partial charge in [0.1, 0.15) is 12.9 Å². The predicted octanol–water partition coefficient (Wildman–Crippen LogP) is 1.81. The molecule has 0 radical (unpaired) electrons. The number of nitrogens with one attached hydrogen (secondary N) is 1. The third-order valence-electron chi connectivity index (χ3n) is 2.16. The van der Waals surface area contributed by atoms with Gasteiger partial charge in [0.15, 0.2) is 0 Å². The Morgan fingerprint density at radius 3 is 2.81 bits per heavy atom. The summed E-state index contributed by atoms with van der Waals surface area (Å²) >= 11 is 0. The highest BCUT2D eigenvalue weighted by molar-refractivity contribution is 5.13. The first-order valence-electron chi connectivity index (χ1n) is 6.01. The van der Waals surface area contributed by atoms with Gasteiger partial charge in [-0.2, -0.15) is 0 Å². The Hall–Kier alpha value is -1.16. The first kappa shape index (κ1) is 12.9. The Morgan fingerprint density at radius 1 is 1.19 bits per heavy atom. The largest absolute Gasteiger partial charge is 0.476 e. The van der Waals surface area contributed by atoms with Gasteiger partial charge in [-0.05, 0) is 19.4 Å². The predicted molar refractivity (Wildman–Crippen MR) is 64.7 cm³/mol. The van der Waals surface area contributed by atoms with Crippen LogP contribution in [0.4, 0.5) is 0 Å². The number of ether oxygens (including phenoxy) is 1. The molecule has 0 aromatic carbocycles. The van der Waals surface area contributed by atoms with E-state index in [2.05, 4.69) is 29.1 Å². The first-order chi connectivity index (χ1) is 7.86. The number of aromatic nitrogens is 2. The van der Waals surface area contributed by atoms with E-state index in [1.54, 1.807) is 6.33 Å². The molecule has 4 nitrogen and oxygen atoms in total. The van der Waals surface area contributed by atoms with Crippen LogP contribution in [0.25, 0.3) is 0 Å². The highest BCUT2D eigenvalue weighted by Gasteiger charge is 1.98. The van der Waals surface area contributed by atoms with Crippen molar-refractivity contribution in [3.05, 3.63) is 18.1 Å². The van der Waals surface area contributed by atoms with Crippen LogP contribution < -0.4 is 10.1 Å². The first-order valence-corrected chi connectivity index (χ1v) is 6.01. The zero-order valence-electron chi connectivity index (χ0n) is 10.2. The summed E-state index contributed by atoms with van der Waals surface area (Å²) in [5.74, 6) is 0.678. The second-order valence-electron chi connectivity index (χ2n) is 3.70. The van der Waals surface area contributed by atoms with E-state index in [-0.39, 0.29) is 0 Å². The van der Waals surface area contributed by atoms with Crippen molar-refractivity contribution < 1.29 is 4.74 Å². The summed E-state index contributed by atoms with van der Waals surface area (Å²) in [6.45, 7) is 6.84. The molecule has 16 heavy (non-hydrogen) atoms. The fourth-order valence-corrected chi connectivity index (χ4v) is 1.38. The lowest BCUT2D eigenvalue weighted by Crippen LogP contribution is -2.21. The molecule has 1 N–H and O–H groups in total. The fourth-order valence-electron chi connectivity index (χ4n) is 1.38. The van der Waals surface area contributed by atoms with Gasteiger partial charge in [-0.3, -0.25) is 0 Å². The summed E-state index contributed by atoms with van der Waals surface area (Å²) in [5.41, 5.74) is 1.05. The van der Waals surface area contributed by atoms with E-state index in [0.717, 1.165) is 38.0 Å². The van der Waals surface area contributed by atoms with E-state index < -0.39 is 0 Å². The summed E-state index contributed by atoms with van der Waals surface area (Å²) in [5, 5.41) is 3.28. The van der Waals surface area contributed by atoms with Gasteiger partial charge in [0.25, 0.3) is 0 Å². The van der Waals surface area contributed by atoms with Crippen LogP contribution in [0.1, 0.15) is 32.4 Å². The van der Waals surface area contributed by atoms with Crippen molar-refractivity contribution in [2.45, 2.75) is 33.1 Å². The molecule has 0 saturated heterocycles. The normalized spacial score (nSPS) is 10.4. The Morgan fingerprint density at radius 2 is 2.06 bits per heavy atom. The van der Waals surface area contributed by atoms with Crippen LogP contribution in [0.15, 0.2) is 12.4 Å². The minimum Gasteiger partial charge on any atom is -0.476 e. The molecule has 4 heteroatoms. The van der Waals surface area contributed by atoms with Crippen LogP contribution in [-0.2, 0) is 6.42 Å². The van der Waals surface area contributed by atoms with Crippen LogP contribution in [0.2, 0.25) is 0 Å². The van der Waals surface area contributed by atoms with E-state index in [1.165, 1.54) is 0 Å². The SMILES string of the molecule is CCCNCCOc1cc(CCC)ncn1. The van der Waals surface area contributed by atoms with Crippen molar-refractivity contribution in [2.75, 3.05) is 19.7 Å². The molecular weight excluding hydrogens is 202 g/mol. The van der Waals surface area contributed by atoms with Gasteiger partial charge in [-0.1, -0.05) is 20.3 Å². The van der Waals surface area contributed by atoms with Gasteiger partial charge >= 0.3 is 0 Å². The molecule has 0 saturated carbocycles. The zero-order chi connectivity index (χ0) is 11.6. The maximum absolute atomic E-state index is 5.53. The van der Waals surface area contributed by atoms with E-state index in [0.29, 0.717) is 12.5 Å². The fraction of sp³-hybridized carbons (Fsp3) is 0.667. The Balaban J connectivity index is 2.27. The topological polar surface area (TPSA) is 47.0 Å². The summed E-state index contributed by atoms with van der Waals surface area (Å²) in [7, 11) is 0. The summed E-state index contributed by atoms with van der Waals surface area (Å²) < 4.78 is 5.53. The molecule has 0 amide bonds. The lowest BCUT2D eigenvalue weighted by Gasteiger charge is -2.06. The molecule has 1 aromatic heterocycles. The number of hydrogen-bond acceptors (Lipinski definition) is 4. The summed E-state index contributed by atoms with van der Waals surface area (Å²) in [4.78, 5) is 8.26. The van der Waals surface area contributed by atoms with Gasteiger partial charge < -0.3 is 10.1 Å². The maximum Gasteiger partial charge on any atom is 0.216 e. The minimum atomic E-state index is 0.655. The van der Waals surface area contributed by atoms with Gasteiger partial charge in [-0.15, -0.1) is 0 Å². The van der Waals surface area contributed by atoms with Crippen molar-refractivity contribution in [3.8, 4) is 5.88 Å². The van der Waals surface area contributed by atoms with E-state index >= 15 is 0 Å². The quantitative estimate of drug-likeness (QED) is 0.683. The molecule has 1 aromatic rings. The third kappa shape index (κ3) is 5.07. The Kier molecular flexibility index (Phi) is 6.49. The molecule has 1 heterocycles. The van der Waals surface area contributed by atoms with Crippen LogP contribution >= 0.6 is 0 Å². The summed E-state index contributed by atoms with van der Waals surface area (Å²) in [6, 6.07) is 1.92. The monoisotopic (exact) mass is 223 g/mol. The van der Waals surface area contributed by atoms with Crippen LogP contribution in [-0.4, -0.2) is 29.7 Å². The Labute approximate surface area is 97.5 Å². The molecule has 1 rings (SSSR count).